The summed E-state index contributed by atoms with van der Waals surface area (Å²) in [4.78, 5) is 10.7. The molecule has 1 aliphatic heterocycles. The molecule has 0 saturated carbocycles. The molecule has 0 bridgehead atoms. The summed E-state index contributed by atoms with van der Waals surface area (Å²) in [6.07, 6.45) is 0. The summed E-state index contributed by atoms with van der Waals surface area (Å²) in [5.41, 5.74) is 1.14. The number of ether oxygens (including phenoxy) is 1. The smallest absolute Gasteiger partial charge is 0.292 e. The van der Waals surface area contributed by atoms with Crippen molar-refractivity contribution in [1.29, 1.82) is 0 Å². The van der Waals surface area contributed by atoms with E-state index < -0.39 is 14.9 Å². The van der Waals surface area contributed by atoms with Gasteiger partial charge in [0.1, 0.15) is 10.6 Å². The van der Waals surface area contributed by atoms with Crippen molar-refractivity contribution >= 4 is 44.4 Å². The summed E-state index contributed by atoms with van der Waals surface area (Å²) < 4.78 is 32.9. The number of aryl methyl sites for hydroxylation is 1. The van der Waals surface area contributed by atoms with E-state index in [1.165, 1.54) is 16.4 Å². The molecule has 2 aromatic carbocycles. The fourth-order valence-corrected chi connectivity index (χ4v) is 4.75. The maximum Gasteiger partial charge on any atom is 0.292 e. The number of anilines is 2. The summed E-state index contributed by atoms with van der Waals surface area (Å²) in [7, 11) is -3.76. The van der Waals surface area contributed by atoms with Crippen LogP contribution in [0.1, 0.15) is 5.56 Å². The third-order valence-corrected chi connectivity index (χ3v) is 6.46. The van der Waals surface area contributed by atoms with E-state index in [0.29, 0.717) is 13.2 Å². The van der Waals surface area contributed by atoms with Crippen molar-refractivity contribution in [1.82, 2.24) is 4.31 Å². The Labute approximate surface area is 173 Å². The van der Waals surface area contributed by atoms with Crippen LogP contribution in [0.25, 0.3) is 0 Å². The highest BCUT2D eigenvalue weighted by molar-refractivity contribution is 7.89. The molecule has 11 heteroatoms. The van der Waals surface area contributed by atoms with Crippen LogP contribution in [-0.4, -0.2) is 49.1 Å². The van der Waals surface area contributed by atoms with Crippen molar-refractivity contribution in [3.05, 3.63) is 58.1 Å². The van der Waals surface area contributed by atoms with Crippen LogP contribution >= 0.6 is 12.2 Å². The number of para-hydroxylation sites is 2. The lowest BCUT2D eigenvalue weighted by molar-refractivity contribution is -0.383. The highest BCUT2D eigenvalue weighted by atomic mass is 32.2. The first-order valence-electron chi connectivity index (χ1n) is 8.79. The number of nitrogens with zero attached hydrogens (tertiary/aromatic N) is 2. The quantitative estimate of drug-likeness (QED) is 0.418. The Bertz CT molecular complexity index is 1040. The molecule has 0 aromatic heterocycles. The van der Waals surface area contributed by atoms with E-state index in [2.05, 4.69) is 10.6 Å². The second kappa shape index (κ2) is 8.82. The number of benzene rings is 2. The third kappa shape index (κ3) is 4.88. The molecule has 1 fully saturated rings. The Balaban J connectivity index is 1.86. The van der Waals surface area contributed by atoms with Crippen LogP contribution in [0, 0.1) is 17.0 Å². The molecule has 0 aliphatic carbocycles. The largest absolute Gasteiger partial charge is 0.379 e. The number of rotatable bonds is 5. The summed E-state index contributed by atoms with van der Waals surface area (Å²) in [6, 6.07) is 11.0. The molecule has 29 heavy (non-hydrogen) atoms. The van der Waals surface area contributed by atoms with Gasteiger partial charge in [0, 0.05) is 19.2 Å². The van der Waals surface area contributed by atoms with E-state index in [0.717, 1.165) is 5.56 Å². The Morgan fingerprint density at radius 1 is 1.14 bits per heavy atom. The van der Waals surface area contributed by atoms with E-state index in [9.17, 15) is 18.5 Å². The third-order valence-electron chi connectivity index (χ3n) is 4.32. The normalized spacial score (nSPS) is 14.9. The number of nitro groups is 1. The predicted octanol–water partition coefficient (Wildman–Crippen LogP) is 2.73. The zero-order valence-electron chi connectivity index (χ0n) is 15.6. The van der Waals surface area contributed by atoms with Gasteiger partial charge in [-0.3, -0.25) is 10.1 Å². The Hall–Kier alpha value is -2.60. The minimum absolute atomic E-state index is 0.0431. The minimum Gasteiger partial charge on any atom is -0.379 e. The number of hydrogen-bond acceptors (Lipinski definition) is 6. The van der Waals surface area contributed by atoms with Gasteiger partial charge in [-0.15, -0.1) is 0 Å². The molecule has 0 amide bonds. The average molecular weight is 437 g/mol. The SMILES string of the molecule is Cc1ccc(NC(=S)Nc2ccccc2[N+](=O)[O-])c(S(=O)(=O)N2CCOCC2)c1. The molecule has 3 rings (SSSR count). The van der Waals surface area contributed by atoms with E-state index in [4.69, 9.17) is 17.0 Å². The molecule has 0 spiro atoms. The molecule has 0 radical (unpaired) electrons. The van der Waals surface area contributed by atoms with Crippen molar-refractivity contribution in [2.24, 2.45) is 0 Å². The first kappa shape index (κ1) is 21.1. The molecule has 2 N–H and O–H groups in total. The van der Waals surface area contributed by atoms with Crippen LogP contribution in [0.15, 0.2) is 47.4 Å². The first-order valence-corrected chi connectivity index (χ1v) is 10.6. The molecule has 1 heterocycles. The number of thiocarbonyl (C=S) groups is 1. The minimum atomic E-state index is -3.76. The number of nitrogens with one attached hydrogen (secondary N) is 2. The van der Waals surface area contributed by atoms with Crippen molar-refractivity contribution in [3.63, 3.8) is 0 Å². The fraction of sp³-hybridized carbons (Fsp3) is 0.278. The average Bonchev–Trinajstić information content (AvgIpc) is 2.70. The number of sulfonamides is 1. The van der Waals surface area contributed by atoms with Crippen molar-refractivity contribution in [3.8, 4) is 0 Å². The predicted molar refractivity (Wildman–Crippen MR) is 114 cm³/mol. The lowest BCUT2D eigenvalue weighted by atomic mass is 10.2. The second-order valence-corrected chi connectivity index (χ2v) is 8.68. The van der Waals surface area contributed by atoms with Crippen LogP contribution in [0.4, 0.5) is 17.1 Å². The van der Waals surface area contributed by atoms with Gasteiger partial charge in [0.15, 0.2) is 5.11 Å². The van der Waals surface area contributed by atoms with E-state index in [1.807, 2.05) is 0 Å². The van der Waals surface area contributed by atoms with Gasteiger partial charge in [-0.25, -0.2) is 8.42 Å². The molecule has 9 nitrogen and oxygen atoms in total. The van der Waals surface area contributed by atoms with Crippen LogP contribution in [-0.2, 0) is 14.8 Å². The molecule has 0 unspecified atom stereocenters. The molecule has 0 atom stereocenters. The molecule has 1 aliphatic rings. The number of morpholine rings is 1. The van der Waals surface area contributed by atoms with Gasteiger partial charge < -0.3 is 15.4 Å². The topological polar surface area (TPSA) is 114 Å². The molecular weight excluding hydrogens is 416 g/mol. The zero-order valence-corrected chi connectivity index (χ0v) is 17.3. The van der Waals surface area contributed by atoms with Crippen LogP contribution in [0.5, 0.6) is 0 Å². The Kier molecular flexibility index (Phi) is 6.42. The van der Waals surface area contributed by atoms with Crippen molar-refractivity contribution < 1.29 is 18.1 Å². The summed E-state index contributed by atoms with van der Waals surface area (Å²) in [5, 5.41) is 16.8. The summed E-state index contributed by atoms with van der Waals surface area (Å²) >= 11 is 5.26. The first-order chi connectivity index (χ1) is 13.8. The highest BCUT2D eigenvalue weighted by Crippen LogP contribution is 2.28. The standard InChI is InChI=1S/C18H20N4O5S2/c1-13-6-7-15(17(12-13)29(25,26)21-8-10-27-11-9-21)20-18(28)19-14-4-2-3-5-16(14)22(23)24/h2-7,12H,8-11H2,1H3,(H2,19,20,28). The lowest BCUT2D eigenvalue weighted by Crippen LogP contribution is -2.41. The second-order valence-electron chi connectivity index (χ2n) is 6.37. The molecular formula is C18H20N4O5S2. The highest BCUT2D eigenvalue weighted by Gasteiger charge is 2.29. The van der Waals surface area contributed by atoms with Gasteiger partial charge in [-0.1, -0.05) is 18.2 Å². The van der Waals surface area contributed by atoms with E-state index >= 15 is 0 Å². The molecule has 2 aromatic rings. The van der Waals surface area contributed by atoms with Crippen molar-refractivity contribution in [2.45, 2.75) is 11.8 Å². The van der Waals surface area contributed by atoms with Gasteiger partial charge in [0.2, 0.25) is 10.0 Å². The van der Waals surface area contributed by atoms with Gasteiger partial charge in [0.25, 0.3) is 5.69 Å². The van der Waals surface area contributed by atoms with Gasteiger partial charge in [0.05, 0.1) is 23.8 Å². The maximum absolute atomic E-state index is 13.1. The maximum atomic E-state index is 13.1. The Morgan fingerprint density at radius 3 is 2.48 bits per heavy atom. The van der Waals surface area contributed by atoms with Gasteiger partial charge in [-0.2, -0.15) is 4.31 Å². The molecule has 1 saturated heterocycles. The van der Waals surface area contributed by atoms with Crippen LogP contribution < -0.4 is 10.6 Å². The number of nitro benzene ring substituents is 1. The summed E-state index contributed by atoms with van der Waals surface area (Å²) in [5.74, 6) is 0. The lowest BCUT2D eigenvalue weighted by Gasteiger charge is -2.27. The number of hydrogen-bond donors (Lipinski definition) is 2. The Morgan fingerprint density at radius 2 is 1.79 bits per heavy atom. The van der Waals surface area contributed by atoms with Gasteiger partial charge in [-0.05, 0) is 42.9 Å². The van der Waals surface area contributed by atoms with Crippen molar-refractivity contribution in [2.75, 3.05) is 36.9 Å². The summed E-state index contributed by atoms with van der Waals surface area (Å²) in [6.45, 7) is 3.02. The monoisotopic (exact) mass is 436 g/mol. The van der Waals surface area contributed by atoms with Crippen LogP contribution in [0.3, 0.4) is 0 Å². The van der Waals surface area contributed by atoms with Crippen LogP contribution in [0.2, 0.25) is 0 Å². The zero-order chi connectivity index (χ0) is 21.0. The molecule has 154 valence electrons. The van der Waals surface area contributed by atoms with Gasteiger partial charge >= 0.3 is 0 Å². The van der Waals surface area contributed by atoms with E-state index in [1.54, 1.807) is 37.3 Å². The van der Waals surface area contributed by atoms with E-state index in [-0.39, 0.29) is 40.2 Å². The fourth-order valence-electron chi connectivity index (χ4n) is 2.89.